The summed E-state index contributed by atoms with van der Waals surface area (Å²) in [5.41, 5.74) is 6.58. The number of pyridine rings is 1. The van der Waals surface area contributed by atoms with E-state index in [0.29, 0.717) is 23.7 Å². The minimum absolute atomic E-state index is 0.0654. The molecule has 0 saturated heterocycles. The first kappa shape index (κ1) is 31.4. The van der Waals surface area contributed by atoms with Crippen LogP contribution >= 0.6 is 0 Å². The Morgan fingerprint density at radius 3 is 2.14 bits per heavy atom. The van der Waals surface area contributed by atoms with Crippen molar-refractivity contribution in [1.82, 2.24) is 14.4 Å². The number of allylic oxidation sites excluding steroid dienone is 3. The van der Waals surface area contributed by atoms with E-state index in [1.165, 1.54) is 17.7 Å². The van der Waals surface area contributed by atoms with Gasteiger partial charge in [0.2, 0.25) is 0 Å². The van der Waals surface area contributed by atoms with Crippen molar-refractivity contribution in [2.45, 2.75) is 52.2 Å². The Bertz CT molecular complexity index is 3570. The molecule has 6 aromatic carbocycles. The molecule has 0 spiro atoms. The summed E-state index contributed by atoms with van der Waals surface area (Å²) in [5.74, 6) is 6.46. The Morgan fingerprint density at radius 1 is 0.600 bits per heavy atom. The lowest BCUT2D eigenvalue weighted by Gasteiger charge is -2.40. The smallest absolute Gasteiger partial charge is 0.313 e. The predicted molar refractivity (Wildman–Crippen MR) is 272 cm³/mol. The maximum atomic E-state index is 8.41. The SMILES string of the molecule is [2H]C([2H])([2H])C(c1ccc(C2=C(N3CN(c4cccc(Oc5ccc6c7ccccc7n(-c7cc(C(C)(C)C)ccn7)c6c5)c4)c4ccccc43)C(c3ccccc3)=CB3C=CC=CN32)cc1)(C([2H])([2H])[2H])C([2H])([2H])[2H]. The van der Waals surface area contributed by atoms with Gasteiger partial charge in [-0.15, -0.1) is 0 Å². The number of rotatable bonds is 7. The number of hydrogen-bond donors (Lipinski definition) is 0. The lowest BCUT2D eigenvalue weighted by atomic mass is 9.55. The number of para-hydroxylation sites is 3. The van der Waals surface area contributed by atoms with Gasteiger partial charge in [0.1, 0.15) is 24.0 Å². The summed E-state index contributed by atoms with van der Waals surface area (Å²) in [7, 11) is 0. The number of fused-ring (bicyclic) bond motifs is 5. The van der Waals surface area contributed by atoms with Crippen molar-refractivity contribution >= 4 is 57.0 Å². The van der Waals surface area contributed by atoms with E-state index in [-0.39, 0.29) is 17.8 Å². The van der Waals surface area contributed by atoms with E-state index >= 15 is 0 Å². The topological polar surface area (TPSA) is 36.8 Å². The number of hydrogen-bond acceptors (Lipinski definition) is 5. The van der Waals surface area contributed by atoms with Crippen LogP contribution in [0.2, 0.25) is 0 Å². The lowest BCUT2D eigenvalue weighted by Crippen LogP contribution is -2.40. The molecule has 6 nitrogen and oxygen atoms in total. The summed E-state index contributed by atoms with van der Waals surface area (Å²) in [6, 6.07) is 51.2. The molecule has 3 aliphatic rings. The second-order valence-corrected chi connectivity index (χ2v) is 17.9. The summed E-state index contributed by atoms with van der Waals surface area (Å²) >= 11 is 0. The van der Waals surface area contributed by atoms with Crippen molar-refractivity contribution in [3.8, 4) is 17.3 Å². The monoisotopic (exact) mass is 854 g/mol. The molecule has 0 radical (unpaired) electrons. The number of ether oxygens (including phenoxy) is 1. The minimum Gasteiger partial charge on any atom is -0.457 e. The predicted octanol–water partition coefficient (Wildman–Crippen LogP) is 14.4. The van der Waals surface area contributed by atoms with Gasteiger partial charge < -0.3 is 19.3 Å². The highest BCUT2D eigenvalue weighted by molar-refractivity contribution is 6.70. The molecule has 318 valence electrons. The van der Waals surface area contributed by atoms with E-state index in [9.17, 15) is 0 Å². The van der Waals surface area contributed by atoms with Crippen molar-refractivity contribution in [3.05, 3.63) is 222 Å². The third-order valence-electron chi connectivity index (χ3n) is 12.6. The molecule has 0 bridgehead atoms. The second-order valence-electron chi connectivity index (χ2n) is 17.9. The van der Waals surface area contributed by atoms with Gasteiger partial charge in [0, 0.05) is 47.1 Å². The van der Waals surface area contributed by atoms with Gasteiger partial charge in [0.05, 0.1) is 33.8 Å². The highest BCUT2D eigenvalue weighted by Gasteiger charge is 2.38. The lowest BCUT2D eigenvalue weighted by molar-refractivity contribution is 0.483. The van der Waals surface area contributed by atoms with E-state index in [1.807, 2.05) is 79.1 Å². The molecule has 0 aliphatic carbocycles. The molecule has 3 aliphatic heterocycles. The molecule has 0 N–H and O–H groups in total. The van der Waals surface area contributed by atoms with Crippen LogP contribution in [0.1, 0.15) is 75.9 Å². The maximum Gasteiger partial charge on any atom is 0.313 e. The van der Waals surface area contributed by atoms with E-state index < -0.39 is 26.0 Å². The molecule has 0 atom stereocenters. The van der Waals surface area contributed by atoms with Gasteiger partial charge >= 0.3 is 6.85 Å². The van der Waals surface area contributed by atoms with Crippen molar-refractivity contribution in [1.29, 1.82) is 0 Å². The summed E-state index contributed by atoms with van der Waals surface area (Å²) in [5, 5.41) is 2.21. The Morgan fingerprint density at radius 2 is 1.34 bits per heavy atom. The van der Waals surface area contributed by atoms with Gasteiger partial charge in [-0.3, -0.25) is 4.57 Å². The first-order valence-corrected chi connectivity index (χ1v) is 21.9. The highest BCUT2D eigenvalue weighted by atomic mass is 16.5. The minimum atomic E-state index is -3.40. The van der Waals surface area contributed by atoms with Crippen LogP contribution in [-0.4, -0.2) is 27.9 Å². The quantitative estimate of drug-likeness (QED) is 0.149. The fourth-order valence-corrected chi connectivity index (χ4v) is 9.40. The maximum absolute atomic E-state index is 8.41. The number of benzene rings is 6. The average Bonchev–Trinajstić information content (AvgIpc) is 3.91. The van der Waals surface area contributed by atoms with Crippen molar-refractivity contribution in [3.63, 3.8) is 0 Å². The van der Waals surface area contributed by atoms with Crippen LogP contribution in [0.4, 0.5) is 17.1 Å². The van der Waals surface area contributed by atoms with Gasteiger partial charge in [0.15, 0.2) is 0 Å². The zero-order chi connectivity index (χ0) is 52.0. The summed E-state index contributed by atoms with van der Waals surface area (Å²) in [4.78, 5) is 11.5. The van der Waals surface area contributed by atoms with Gasteiger partial charge in [-0.05, 0) is 106 Å². The summed E-state index contributed by atoms with van der Waals surface area (Å²) in [6.07, 6.45) is 7.80. The van der Waals surface area contributed by atoms with Gasteiger partial charge in [-0.1, -0.05) is 150 Å². The normalized spacial score (nSPS) is 17.6. The molecular weight excluding hydrogens is 793 g/mol. The first-order chi connectivity index (χ1) is 35.2. The molecule has 0 unspecified atom stereocenters. The van der Waals surface area contributed by atoms with Crippen LogP contribution in [0.5, 0.6) is 11.5 Å². The van der Waals surface area contributed by atoms with E-state index in [0.717, 1.165) is 67.2 Å². The van der Waals surface area contributed by atoms with Crippen LogP contribution in [-0.2, 0) is 10.8 Å². The van der Waals surface area contributed by atoms with Crippen LogP contribution in [0, 0.1) is 0 Å². The zero-order valence-corrected chi connectivity index (χ0v) is 36.4. The third-order valence-corrected chi connectivity index (χ3v) is 12.6. The molecule has 11 rings (SSSR count). The molecular formula is C58H52BN5O. The van der Waals surface area contributed by atoms with E-state index in [1.54, 1.807) is 12.1 Å². The van der Waals surface area contributed by atoms with E-state index in [2.05, 4.69) is 131 Å². The Hall–Kier alpha value is -7.51. The molecule has 7 heteroatoms. The molecule has 5 heterocycles. The second kappa shape index (κ2) is 15.6. The molecule has 2 aromatic heterocycles. The zero-order valence-electron chi connectivity index (χ0n) is 45.4. The molecule has 8 aromatic rings. The number of aromatic nitrogens is 2. The molecule has 65 heavy (non-hydrogen) atoms. The molecule has 0 fully saturated rings. The van der Waals surface area contributed by atoms with E-state index in [4.69, 9.17) is 22.1 Å². The standard InChI is InChI=1S/C58H52BN5O/c1-57(2,3)42-27-25-41(26-28-42)55-56(49(40-17-8-7-9-18-40)38-59-32-14-15-34-63(55)59)62-39-61(51-23-12-13-24-52(51)62)44-19-16-20-45(36-44)65-46-29-30-48-47-21-10-11-22-50(47)64(53(48)37-46)54-35-43(31-33-60-54)58(4,5)6/h7-38H,39H2,1-6H3/i1D3,2D3,3D3. The number of nitrogens with zero attached hydrogens (tertiary/aromatic N) is 5. The number of anilines is 3. The first-order valence-electron chi connectivity index (χ1n) is 26.4. The Balaban J connectivity index is 1.01. The molecule has 0 saturated carbocycles. The third kappa shape index (κ3) is 7.21. The van der Waals surface area contributed by atoms with Crippen molar-refractivity contribution in [2.24, 2.45) is 0 Å². The Labute approximate surface area is 395 Å². The van der Waals surface area contributed by atoms with Gasteiger partial charge in [0.25, 0.3) is 0 Å². The summed E-state index contributed by atoms with van der Waals surface area (Å²) < 4.78 is 84.6. The van der Waals surface area contributed by atoms with Gasteiger partial charge in [-0.2, -0.15) is 0 Å². The summed E-state index contributed by atoms with van der Waals surface area (Å²) in [6.45, 7) is -3.44. The highest BCUT2D eigenvalue weighted by Crippen LogP contribution is 2.49. The van der Waals surface area contributed by atoms with Crippen LogP contribution in [0.15, 0.2) is 200 Å². The fraction of sp³-hybridized carbons (Fsp3) is 0.155. The van der Waals surface area contributed by atoms with Crippen LogP contribution in [0.25, 0.3) is 38.9 Å². The van der Waals surface area contributed by atoms with Crippen molar-refractivity contribution in [2.75, 3.05) is 16.5 Å². The molecule has 0 amide bonds. The van der Waals surface area contributed by atoms with Gasteiger partial charge in [-0.25, -0.2) is 4.98 Å². The van der Waals surface area contributed by atoms with Crippen LogP contribution < -0.4 is 14.5 Å². The fourth-order valence-electron chi connectivity index (χ4n) is 9.40. The van der Waals surface area contributed by atoms with Crippen LogP contribution in [0.3, 0.4) is 0 Å². The Kier molecular flexibility index (Phi) is 7.54. The average molecular weight is 855 g/mol. The largest absolute Gasteiger partial charge is 0.457 e. The van der Waals surface area contributed by atoms with Crippen molar-refractivity contribution < 1.29 is 17.1 Å².